The van der Waals surface area contributed by atoms with E-state index < -0.39 is 6.03 Å². The number of aromatic nitrogens is 2. The van der Waals surface area contributed by atoms with Gasteiger partial charge in [0.1, 0.15) is 22.8 Å². The molecule has 49 heavy (non-hydrogen) atoms. The van der Waals surface area contributed by atoms with Crippen molar-refractivity contribution in [1.82, 2.24) is 14.5 Å². The number of piperidine rings is 1. The van der Waals surface area contributed by atoms with Crippen LogP contribution in [0, 0.1) is 0 Å². The molecule has 0 saturated carbocycles. The Labute approximate surface area is 291 Å². The van der Waals surface area contributed by atoms with Gasteiger partial charge in [-0.15, -0.1) is 0 Å². The van der Waals surface area contributed by atoms with Crippen LogP contribution in [-0.2, 0) is 6.54 Å². The van der Waals surface area contributed by atoms with Crippen LogP contribution in [0.3, 0.4) is 0 Å². The monoisotopic (exact) mass is 667 g/mol. The standard InChI is InChI=1S/C40H53N5O4/c1-7-8-22-44-38-32(17-13-18-42-38)35(29-15-12-16-30(24-29)48-6)37(39(44)46)45(40(41)47)36-33(27(2)3)25-31(26-34(36)28(4)5)49-23-14-21-43-19-10-9-11-20-43/h12-13,15-18,24-28H,7-11,14,19-23H2,1-6H3,(H2,41,47). The van der Waals surface area contributed by atoms with Gasteiger partial charge in [0, 0.05) is 30.2 Å². The zero-order valence-electron chi connectivity index (χ0n) is 30.1. The molecular weight excluding hydrogens is 614 g/mol. The first kappa shape index (κ1) is 35.9. The van der Waals surface area contributed by atoms with E-state index in [1.165, 1.54) is 24.2 Å². The Morgan fingerprint density at radius 2 is 1.63 bits per heavy atom. The summed E-state index contributed by atoms with van der Waals surface area (Å²) in [6.45, 7) is 14.9. The molecule has 2 amide bonds. The number of carbonyl (C=O) groups is 1. The van der Waals surface area contributed by atoms with Crippen LogP contribution in [-0.4, -0.2) is 53.8 Å². The lowest BCUT2D eigenvalue weighted by atomic mass is 9.90. The molecule has 0 unspecified atom stereocenters. The second kappa shape index (κ2) is 16.4. The van der Waals surface area contributed by atoms with Gasteiger partial charge in [0.2, 0.25) is 0 Å². The van der Waals surface area contributed by atoms with Crippen molar-refractivity contribution in [3.8, 4) is 22.6 Å². The normalized spacial score (nSPS) is 13.7. The molecule has 262 valence electrons. The molecule has 9 heteroatoms. The highest BCUT2D eigenvalue weighted by molar-refractivity contribution is 6.09. The summed E-state index contributed by atoms with van der Waals surface area (Å²) in [7, 11) is 1.61. The van der Waals surface area contributed by atoms with Gasteiger partial charge in [0.05, 0.1) is 19.4 Å². The van der Waals surface area contributed by atoms with Crippen LogP contribution in [0.25, 0.3) is 22.2 Å². The zero-order valence-corrected chi connectivity index (χ0v) is 30.1. The number of urea groups is 1. The molecule has 4 aromatic rings. The van der Waals surface area contributed by atoms with Crippen molar-refractivity contribution in [2.75, 3.05) is 38.3 Å². The molecule has 9 nitrogen and oxygen atoms in total. The van der Waals surface area contributed by atoms with Gasteiger partial charge in [-0.2, -0.15) is 0 Å². The van der Waals surface area contributed by atoms with Crippen LogP contribution >= 0.6 is 0 Å². The van der Waals surface area contributed by atoms with Gasteiger partial charge < -0.3 is 20.1 Å². The molecule has 1 fully saturated rings. The number of nitrogens with two attached hydrogens (primary N) is 1. The maximum atomic E-state index is 14.9. The lowest BCUT2D eigenvalue weighted by Crippen LogP contribution is -2.39. The first-order chi connectivity index (χ1) is 23.7. The summed E-state index contributed by atoms with van der Waals surface area (Å²) in [4.78, 5) is 37.5. The van der Waals surface area contributed by atoms with Crippen LogP contribution in [0.4, 0.5) is 16.2 Å². The van der Waals surface area contributed by atoms with Crippen LogP contribution in [0.2, 0.25) is 0 Å². The van der Waals surface area contributed by atoms with E-state index in [9.17, 15) is 9.59 Å². The molecule has 1 saturated heterocycles. The molecule has 1 aliphatic rings. The Bertz CT molecular complexity index is 1780. The molecule has 0 atom stereocenters. The molecule has 2 aromatic carbocycles. The minimum atomic E-state index is -0.731. The van der Waals surface area contributed by atoms with Crippen molar-refractivity contribution in [3.63, 3.8) is 0 Å². The number of likely N-dealkylation sites (tertiary alicyclic amines) is 1. The van der Waals surface area contributed by atoms with E-state index in [-0.39, 0.29) is 23.1 Å². The summed E-state index contributed by atoms with van der Waals surface area (Å²) in [5.74, 6) is 1.39. The Morgan fingerprint density at radius 3 is 2.27 bits per heavy atom. The number of methoxy groups -OCH3 is 1. The summed E-state index contributed by atoms with van der Waals surface area (Å²) in [6.07, 6.45) is 8.16. The number of aryl methyl sites for hydroxylation is 1. The van der Waals surface area contributed by atoms with E-state index in [1.807, 2.05) is 48.5 Å². The third-order valence-electron chi connectivity index (χ3n) is 9.48. The summed E-state index contributed by atoms with van der Waals surface area (Å²) < 4.78 is 13.7. The zero-order chi connectivity index (χ0) is 35.1. The Morgan fingerprint density at radius 1 is 0.918 bits per heavy atom. The predicted octanol–water partition coefficient (Wildman–Crippen LogP) is 8.59. The summed E-state index contributed by atoms with van der Waals surface area (Å²) in [5.41, 5.74) is 10.5. The molecule has 3 heterocycles. The van der Waals surface area contributed by atoms with Gasteiger partial charge in [-0.3, -0.25) is 14.3 Å². The number of hydrogen-bond donors (Lipinski definition) is 1. The number of carbonyl (C=O) groups excluding carboxylic acids is 1. The van der Waals surface area contributed by atoms with E-state index in [1.54, 1.807) is 17.9 Å². The third-order valence-corrected chi connectivity index (χ3v) is 9.48. The number of anilines is 2. The van der Waals surface area contributed by atoms with E-state index in [0.717, 1.165) is 66.7 Å². The summed E-state index contributed by atoms with van der Waals surface area (Å²) in [6, 6.07) is 14.7. The average molecular weight is 668 g/mol. The molecule has 5 rings (SSSR count). The number of unbranched alkanes of at least 4 members (excludes halogenated alkanes) is 1. The van der Waals surface area contributed by atoms with Crippen molar-refractivity contribution >= 4 is 28.4 Å². The SMILES string of the molecule is CCCCn1c(=O)c(N(C(N)=O)c2c(C(C)C)cc(OCCCN3CCCCC3)cc2C(C)C)c(-c2cccc(OC)c2)c2cccnc21. The lowest BCUT2D eigenvalue weighted by Gasteiger charge is -2.31. The molecule has 2 N–H and O–H groups in total. The number of benzene rings is 2. The second-order valence-electron chi connectivity index (χ2n) is 13.7. The molecule has 2 aromatic heterocycles. The van der Waals surface area contributed by atoms with Crippen molar-refractivity contribution in [1.29, 1.82) is 0 Å². The van der Waals surface area contributed by atoms with Crippen LogP contribution < -0.4 is 25.7 Å². The van der Waals surface area contributed by atoms with E-state index in [4.69, 9.17) is 15.2 Å². The minimum Gasteiger partial charge on any atom is -0.497 e. The van der Waals surface area contributed by atoms with Gasteiger partial charge >= 0.3 is 6.03 Å². The quantitative estimate of drug-likeness (QED) is 0.135. The first-order valence-electron chi connectivity index (χ1n) is 17.9. The van der Waals surface area contributed by atoms with Gasteiger partial charge in [-0.25, -0.2) is 9.78 Å². The van der Waals surface area contributed by atoms with Gasteiger partial charge in [-0.1, -0.05) is 59.6 Å². The smallest absolute Gasteiger partial charge is 0.324 e. The maximum absolute atomic E-state index is 14.9. The topological polar surface area (TPSA) is 103 Å². The predicted molar refractivity (Wildman–Crippen MR) is 200 cm³/mol. The fourth-order valence-electron chi connectivity index (χ4n) is 6.93. The second-order valence-corrected chi connectivity index (χ2v) is 13.7. The molecule has 0 aliphatic carbocycles. The fraction of sp³-hybridized carbons (Fsp3) is 0.475. The Hall–Kier alpha value is -4.37. The minimum absolute atomic E-state index is 0.00374. The van der Waals surface area contributed by atoms with Crippen LogP contribution in [0.1, 0.15) is 96.1 Å². The van der Waals surface area contributed by atoms with Crippen LogP contribution in [0.15, 0.2) is 59.5 Å². The van der Waals surface area contributed by atoms with E-state index in [2.05, 4.69) is 44.5 Å². The van der Waals surface area contributed by atoms with Crippen LogP contribution in [0.5, 0.6) is 11.5 Å². The molecule has 1 aliphatic heterocycles. The molecule has 0 radical (unpaired) electrons. The van der Waals surface area contributed by atoms with Crippen molar-refractivity contribution in [2.45, 2.75) is 91.5 Å². The fourth-order valence-corrected chi connectivity index (χ4v) is 6.93. The Balaban J connectivity index is 1.72. The van der Waals surface area contributed by atoms with Gasteiger partial charge in [0.15, 0.2) is 0 Å². The number of ether oxygens (including phenoxy) is 2. The summed E-state index contributed by atoms with van der Waals surface area (Å²) >= 11 is 0. The maximum Gasteiger partial charge on any atom is 0.324 e. The van der Waals surface area contributed by atoms with Gasteiger partial charge in [0.25, 0.3) is 5.56 Å². The van der Waals surface area contributed by atoms with Crippen molar-refractivity contribution in [2.24, 2.45) is 5.73 Å². The number of amides is 2. The Kier molecular flexibility index (Phi) is 12.0. The first-order valence-corrected chi connectivity index (χ1v) is 17.9. The highest BCUT2D eigenvalue weighted by atomic mass is 16.5. The largest absolute Gasteiger partial charge is 0.497 e. The number of rotatable bonds is 14. The summed E-state index contributed by atoms with van der Waals surface area (Å²) in [5, 5.41) is 0.749. The number of nitrogens with zero attached hydrogens (tertiary/aromatic N) is 4. The van der Waals surface area contributed by atoms with Crippen molar-refractivity contribution in [3.05, 3.63) is 76.2 Å². The highest BCUT2D eigenvalue weighted by Gasteiger charge is 2.32. The number of hydrogen-bond acceptors (Lipinski definition) is 6. The molecule has 0 spiro atoms. The van der Waals surface area contributed by atoms with E-state index >= 15 is 0 Å². The average Bonchev–Trinajstić information content (AvgIpc) is 3.10. The molecular formula is C40H53N5O4. The lowest BCUT2D eigenvalue weighted by molar-refractivity contribution is 0.205. The van der Waals surface area contributed by atoms with E-state index in [0.29, 0.717) is 35.8 Å². The third kappa shape index (κ3) is 7.93. The number of primary amides is 1. The number of fused-ring (bicyclic) bond motifs is 1. The van der Waals surface area contributed by atoms with Crippen molar-refractivity contribution < 1.29 is 14.3 Å². The number of pyridine rings is 2. The van der Waals surface area contributed by atoms with Gasteiger partial charge in [-0.05, 0) is 104 Å². The highest BCUT2D eigenvalue weighted by Crippen LogP contribution is 2.45. The molecule has 0 bridgehead atoms.